The fraction of sp³-hybridized carbons (Fsp3) is 0.444. The Hall–Kier alpha value is -2.50. The van der Waals surface area contributed by atoms with Crippen molar-refractivity contribution < 1.29 is 9.53 Å². The van der Waals surface area contributed by atoms with E-state index in [0.717, 1.165) is 70.9 Å². The number of aryl methyl sites for hydroxylation is 1. The number of aromatic nitrogens is 2. The van der Waals surface area contributed by atoms with Crippen LogP contribution in [0.3, 0.4) is 0 Å². The normalized spacial score (nSPS) is 20.7. The van der Waals surface area contributed by atoms with Crippen molar-refractivity contribution in [1.82, 2.24) is 19.8 Å². The molecular weight excluding hydrogens is 567 g/mol. The summed E-state index contributed by atoms with van der Waals surface area (Å²) in [5.41, 5.74) is 3.56. The fourth-order valence-electron chi connectivity index (χ4n) is 4.93. The highest BCUT2D eigenvalue weighted by atomic mass is 127. The minimum absolute atomic E-state index is 0.0558. The summed E-state index contributed by atoms with van der Waals surface area (Å²) in [5, 5.41) is 6.77. The number of hydrogen-bond donors (Lipinski definition) is 2. The van der Waals surface area contributed by atoms with Gasteiger partial charge in [0.05, 0.1) is 21.1 Å². The summed E-state index contributed by atoms with van der Waals surface area (Å²) < 4.78 is 7.09. The van der Waals surface area contributed by atoms with Gasteiger partial charge in [-0.25, -0.2) is 4.98 Å². The first-order chi connectivity index (χ1) is 17.4. The number of Topliss-reactive ketones (excluding diaryl/α,β-unsaturated/α-hetero) is 1. The smallest absolute Gasteiger partial charge is 0.229 e. The Morgan fingerprint density at radius 1 is 1.14 bits per heavy atom. The lowest BCUT2D eigenvalue weighted by atomic mass is 10.0. The highest BCUT2D eigenvalue weighted by Gasteiger charge is 2.26. The van der Waals surface area contributed by atoms with Gasteiger partial charge >= 0.3 is 0 Å². The zero-order valence-electron chi connectivity index (χ0n) is 21.1. The van der Waals surface area contributed by atoms with E-state index < -0.39 is 0 Å². The number of carbonyl (C=O) groups excluding carboxylic acids is 1. The number of nitrogens with zero attached hydrogens (tertiary/aromatic N) is 4. The van der Waals surface area contributed by atoms with Gasteiger partial charge in [0.25, 0.3) is 0 Å². The Morgan fingerprint density at radius 2 is 1.94 bits per heavy atom. The highest BCUT2D eigenvalue weighted by Crippen LogP contribution is 2.32. The van der Waals surface area contributed by atoms with Crippen molar-refractivity contribution in [2.45, 2.75) is 45.3 Å². The number of likely N-dealkylation sites (N-methyl/N-ethyl adjacent to an activating group) is 1. The van der Waals surface area contributed by atoms with Crippen LogP contribution in [0, 0.1) is 3.57 Å². The van der Waals surface area contributed by atoms with Crippen LogP contribution in [0.5, 0.6) is 0 Å². The molecule has 1 aromatic carbocycles. The van der Waals surface area contributed by atoms with Gasteiger partial charge in [0, 0.05) is 50.4 Å². The van der Waals surface area contributed by atoms with Crippen molar-refractivity contribution in [3.8, 4) is 0 Å². The average molecular weight is 601 g/mol. The van der Waals surface area contributed by atoms with Crippen molar-refractivity contribution in [2.75, 3.05) is 43.9 Å². The lowest BCUT2D eigenvalue weighted by Crippen LogP contribution is -2.48. The molecule has 3 aliphatic rings. The molecule has 0 spiro atoms. The van der Waals surface area contributed by atoms with Crippen LogP contribution in [-0.4, -0.2) is 70.9 Å². The van der Waals surface area contributed by atoms with Gasteiger partial charge in [0.2, 0.25) is 5.95 Å². The molecule has 1 fully saturated rings. The van der Waals surface area contributed by atoms with E-state index in [9.17, 15) is 4.79 Å². The monoisotopic (exact) mass is 600 g/mol. The first-order valence-corrected chi connectivity index (χ1v) is 13.7. The van der Waals surface area contributed by atoms with Gasteiger partial charge in [-0.1, -0.05) is 18.2 Å². The second-order valence-corrected chi connectivity index (χ2v) is 11.0. The van der Waals surface area contributed by atoms with E-state index in [1.54, 1.807) is 6.20 Å². The molecule has 2 heterocycles. The summed E-state index contributed by atoms with van der Waals surface area (Å²) in [4.78, 5) is 26.6. The maximum atomic E-state index is 12.5. The lowest BCUT2D eigenvalue weighted by molar-refractivity contribution is 0.0995. The summed E-state index contributed by atoms with van der Waals surface area (Å²) in [5.74, 6) is 2.17. The fourth-order valence-corrected chi connectivity index (χ4v) is 5.32. The van der Waals surface area contributed by atoms with Crippen molar-refractivity contribution in [3.63, 3.8) is 0 Å². The number of ketones is 1. The number of rotatable bonds is 7. The minimum Gasteiger partial charge on any atom is -0.489 e. The predicted octanol–water partition coefficient (Wildman–Crippen LogP) is 4.58. The van der Waals surface area contributed by atoms with Crippen LogP contribution in [0.1, 0.15) is 42.6 Å². The summed E-state index contributed by atoms with van der Waals surface area (Å²) in [7, 11) is 2.18. The molecule has 1 aliphatic heterocycles. The summed E-state index contributed by atoms with van der Waals surface area (Å²) in [6.07, 6.45) is 8.54. The second-order valence-electron chi connectivity index (χ2n) is 9.86. The second kappa shape index (κ2) is 10.9. The van der Waals surface area contributed by atoms with E-state index in [0.29, 0.717) is 24.2 Å². The van der Waals surface area contributed by atoms with E-state index >= 15 is 0 Å². The van der Waals surface area contributed by atoms with Gasteiger partial charge < -0.3 is 20.3 Å². The molecule has 1 unspecified atom stereocenters. The van der Waals surface area contributed by atoms with Crippen LogP contribution in [0.15, 0.2) is 48.0 Å². The Kier molecular flexibility index (Phi) is 7.59. The highest BCUT2D eigenvalue weighted by molar-refractivity contribution is 14.1. The topological polar surface area (TPSA) is 82.6 Å². The van der Waals surface area contributed by atoms with Crippen molar-refractivity contribution in [1.29, 1.82) is 0 Å². The molecule has 8 nitrogen and oxygen atoms in total. The molecule has 2 N–H and O–H groups in total. The van der Waals surface area contributed by atoms with Crippen molar-refractivity contribution in [2.24, 2.45) is 0 Å². The van der Waals surface area contributed by atoms with E-state index in [1.165, 1.54) is 0 Å². The van der Waals surface area contributed by atoms with Crippen LogP contribution in [0.4, 0.5) is 17.5 Å². The SMILES string of the molecule is CC(C)OC1=CC(N2CCN(C)CC2)CC=C1Nc1ncc(I)c(Nc2cccc3c2C(=O)CC3)n1. The lowest BCUT2D eigenvalue weighted by Gasteiger charge is -2.38. The molecule has 0 radical (unpaired) electrons. The molecule has 1 saturated heterocycles. The van der Waals surface area contributed by atoms with Crippen LogP contribution in [-0.2, 0) is 11.2 Å². The standard InChI is InChI=1S/C27H33IN6O2/c1-17(2)36-24-15-19(34-13-11-33(3)12-14-34)8-9-21(24)31-27-29-16-20(28)26(32-27)30-22-6-4-5-18-7-10-23(35)25(18)22/h4-6,9,15-17,19H,7-8,10-14H2,1-3H3,(H2,29,30,31,32). The number of piperazine rings is 1. The first kappa shape index (κ1) is 25.2. The molecule has 0 amide bonds. The Morgan fingerprint density at radius 3 is 2.72 bits per heavy atom. The summed E-state index contributed by atoms with van der Waals surface area (Å²) >= 11 is 2.22. The van der Waals surface area contributed by atoms with Gasteiger partial charge in [-0.05, 0) is 74.0 Å². The number of fused-ring (bicyclic) bond motifs is 1. The number of anilines is 3. The number of carbonyl (C=O) groups is 1. The number of hydrogen-bond acceptors (Lipinski definition) is 8. The maximum absolute atomic E-state index is 12.5. The number of nitrogens with one attached hydrogen (secondary N) is 2. The van der Waals surface area contributed by atoms with Crippen molar-refractivity contribution in [3.05, 3.63) is 62.7 Å². The van der Waals surface area contributed by atoms with Crippen LogP contribution in [0.2, 0.25) is 0 Å². The first-order valence-electron chi connectivity index (χ1n) is 12.6. The van der Waals surface area contributed by atoms with E-state index in [-0.39, 0.29) is 11.9 Å². The quantitative estimate of drug-likeness (QED) is 0.448. The summed E-state index contributed by atoms with van der Waals surface area (Å²) in [6, 6.07) is 6.27. The third kappa shape index (κ3) is 5.57. The van der Waals surface area contributed by atoms with Gasteiger partial charge in [0.15, 0.2) is 5.78 Å². The van der Waals surface area contributed by atoms with E-state index in [1.807, 2.05) is 32.0 Å². The van der Waals surface area contributed by atoms with Crippen molar-refractivity contribution >= 4 is 45.8 Å². The molecule has 0 bridgehead atoms. The molecule has 190 valence electrons. The third-order valence-electron chi connectivity index (χ3n) is 6.84. The van der Waals surface area contributed by atoms with E-state index in [2.05, 4.69) is 67.2 Å². The average Bonchev–Trinajstić information content (AvgIpc) is 3.24. The zero-order valence-corrected chi connectivity index (χ0v) is 23.2. The number of ether oxygens (including phenoxy) is 1. The maximum Gasteiger partial charge on any atom is 0.229 e. The van der Waals surface area contributed by atoms with Crippen LogP contribution >= 0.6 is 22.6 Å². The molecule has 36 heavy (non-hydrogen) atoms. The molecule has 0 saturated carbocycles. The molecule has 1 atom stereocenters. The van der Waals surface area contributed by atoms with Crippen LogP contribution < -0.4 is 10.6 Å². The molecule has 2 aliphatic carbocycles. The minimum atomic E-state index is 0.0558. The summed E-state index contributed by atoms with van der Waals surface area (Å²) in [6.45, 7) is 8.38. The van der Waals surface area contributed by atoms with Crippen LogP contribution in [0.25, 0.3) is 0 Å². The van der Waals surface area contributed by atoms with Gasteiger partial charge in [0.1, 0.15) is 11.6 Å². The Labute approximate surface area is 226 Å². The Balaban J connectivity index is 1.35. The molecule has 1 aromatic heterocycles. The predicted molar refractivity (Wildman–Crippen MR) is 151 cm³/mol. The van der Waals surface area contributed by atoms with Gasteiger partial charge in [-0.15, -0.1) is 0 Å². The largest absolute Gasteiger partial charge is 0.489 e. The molecule has 2 aromatic rings. The Bertz CT molecular complexity index is 1200. The number of benzene rings is 1. The number of halogens is 1. The molecular formula is C27H33IN6O2. The van der Waals surface area contributed by atoms with Gasteiger partial charge in [-0.2, -0.15) is 4.98 Å². The zero-order chi connectivity index (χ0) is 25.2. The third-order valence-corrected chi connectivity index (χ3v) is 7.63. The molecule has 5 rings (SSSR count). The van der Waals surface area contributed by atoms with Gasteiger partial charge in [-0.3, -0.25) is 9.69 Å². The van der Waals surface area contributed by atoms with E-state index in [4.69, 9.17) is 9.72 Å². The molecule has 9 heteroatoms.